The molecule has 0 saturated carbocycles. The van der Waals surface area contributed by atoms with Crippen LogP contribution in [0, 0.1) is 23.7 Å². The molecule has 0 radical (unpaired) electrons. The van der Waals surface area contributed by atoms with Crippen LogP contribution in [0.15, 0.2) is 23.8 Å². The number of esters is 1. The topological polar surface area (TPSA) is 63.6 Å². The summed E-state index contributed by atoms with van der Waals surface area (Å²) in [6, 6.07) is 0. The number of fused-ring (bicyclic) bond motifs is 1. The van der Waals surface area contributed by atoms with Crippen molar-refractivity contribution < 1.29 is 19.4 Å². The third-order valence-corrected chi connectivity index (χ3v) is 6.37. The van der Waals surface area contributed by atoms with Crippen LogP contribution in [0.4, 0.5) is 0 Å². The van der Waals surface area contributed by atoms with Gasteiger partial charge in [-0.05, 0) is 74.7 Å². The van der Waals surface area contributed by atoms with Crippen molar-refractivity contribution in [3.8, 4) is 0 Å². The summed E-state index contributed by atoms with van der Waals surface area (Å²) in [4.78, 5) is 21.3. The van der Waals surface area contributed by atoms with Crippen molar-refractivity contribution in [1.29, 1.82) is 0 Å². The van der Waals surface area contributed by atoms with E-state index in [0.29, 0.717) is 12.3 Å². The fourth-order valence-corrected chi connectivity index (χ4v) is 4.35. The van der Waals surface area contributed by atoms with Crippen LogP contribution in [0.3, 0.4) is 0 Å². The average Bonchev–Trinajstić information content (AvgIpc) is 2.67. The Morgan fingerprint density at radius 1 is 1.30 bits per heavy atom. The van der Waals surface area contributed by atoms with Crippen molar-refractivity contribution in [3.05, 3.63) is 23.8 Å². The molecule has 0 aromatic carbocycles. The highest BCUT2D eigenvalue weighted by atomic mass is 16.5. The maximum absolute atomic E-state index is 11.4. The minimum Gasteiger partial charge on any atom is -0.481 e. The van der Waals surface area contributed by atoms with Crippen molar-refractivity contribution >= 4 is 11.9 Å². The van der Waals surface area contributed by atoms with Gasteiger partial charge >= 0.3 is 11.9 Å². The molecule has 1 N–H and O–H groups in total. The van der Waals surface area contributed by atoms with Gasteiger partial charge in [0.2, 0.25) is 0 Å². The molecule has 0 amide bonds. The van der Waals surface area contributed by atoms with Gasteiger partial charge in [0.05, 0.1) is 5.92 Å². The number of carbonyl (C=O) groups excluding carboxylic acids is 1. The summed E-state index contributed by atoms with van der Waals surface area (Å²) in [5.41, 5.74) is 1.57. The van der Waals surface area contributed by atoms with Crippen molar-refractivity contribution in [1.82, 2.24) is 0 Å². The molecular formula is C23H36O4. The summed E-state index contributed by atoms with van der Waals surface area (Å²) in [6.45, 7) is 5.90. The largest absolute Gasteiger partial charge is 0.481 e. The first-order valence-electron chi connectivity index (χ1n) is 10.7. The van der Waals surface area contributed by atoms with Crippen LogP contribution in [0.5, 0.6) is 0 Å². The van der Waals surface area contributed by atoms with Gasteiger partial charge in [-0.15, -0.1) is 0 Å². The first-order valence-corrected chi connectivity index (χ1v) is 10.7. The van der Waals surface area contributed by atoms with Gasteiger partial charge in [-0.25, -0.2) is 0 Å². The SMILES string of the molecule is CC1C=CC2=CCCCC2C1CCC1CCCC(=O)O1.CCC(C)C(=O)O. The highest BCUT2D eigenvalue weighted by Gasteiger charge is 2.32. The monoisotopic (exact) mass is 376 g/mol. The second kappa shape index (κ2) is 10.7. The second-order valence-corrected chi connectivity index (χ2v) is 8.35. The second-order valence-electron chi connectivity index (χ2n) is 8.35. The van der Waals surface area contributed by atoms with Gasteiger partial charge in [-0.2, -0.15) is 0 Å². The highest BCUT2D eigenvalue weighted by molar-refractivity contribution is 5.70. The minimum absolute atomic E-state index is 0.0103. The Bertz CT molecular complexity index is 563. The lowest BCUT2D eigenvalue weighted by molar-refractivity contribution is -0.154. The van der Waals surface area contributed by atoms with E-state index in [0.717, 1.165) is 37.5 Å². The molecule has 1 fully saturated rings. The lowest BCUT2D eigenvalue weighted by Crippen LogP contribution is -2.30. The first-order chi connectivity index (χ1) is 12.9. The molecule has 3 rings (SSSR count). The van der Waals surface area contributed by atoms with Crippen LogP contribution >= 0.6 is 0 Å². The van der Waals surface area contributed by atoms with Gasteiger partial charge in [0.15, 0.2) is 0 Å². The van der Waals surface area contributed by atoms with Gasteiger partial charge in [-0.1, -0.05) is 39.0 Å². The molecule has 0 aromatic rings. The van der Waals surface area contributed by atoms with Crippen molar-refractivity contribution in [3.63, 3.8) is 0 Å². The zero-order valence-corrected chi connectivity index (χ0v) is 17.2. The lowest BCUT2D eigenvalue weighted by atomic mass is 9.68. The van der Waals surface area contributed by atoms with E-state index >= 15 is 0 Å². The molecule has 27 heavy (non-hydrogen) atoms. The predicted octanol–water partition coefficient (Wildman–Crippen LogP) is 5.53. The first kappa shape index (κ1) is 21.7. The molecule has 1 heterocycles. The van der Waals surface area contributed by atoms with E-state index in [-0.39, 0.29) is 18.0 Å². The Morgan fingerprint density at radius 2 is 2.07 bits per heavy atom. The summed E-state index contributed by atoms with van der Waals surface area (Å²) < 4.78 is 5.48. The predicted molar refractivity (Wildman–Crippen MR) is 107 cm³/mol. The molecule has 5 atom stereocenters. The molecular weight excluding hydrogens is 340 g/mol. The Labute approximate surface area is 164 Å². The van der Waals surface area contributed by atoms with Crippen LogP contribution in [0.2, 0.25) is 0 Å². The van der Waals surface area contributed by atoms with E-state index < -0.39 is 5.97 Å². The van der Waals surface area contributed by atoms with Crippen molar-refractivity contribution in [2.24, 2.45) is 23.7 Å². The van der Waals surface area contributed by atoms with Crippen LogP contribution in [-0.2, 0) is 14.3 Å². The standard InChI is InChI=1S/C18H26O2.C5H10O2/c1-13-9-10-14-5-2-3-7-17(14)16(13)12-11-15-6-4-8-18(19)20-15;1-3-4(2)5(6)7/h5,9-10,13,15-17H,2-4,6-8,11-12H2,1H3;4H,3H2,1-2H3,(H,6,7). The van der Waals surface area contributed by atoms with E-state index in [2.05, 4.69) is 25.2 Å². The molecule has 1 aliphatic heterocycles. The van der Waals surface area contributed by atoms with Gasteiger partial charge < -0.3 is 9.84 Å². The van der Waals surface area contributed by atoms with Crippen LogP contribution in [0.1, 0.15) is 78.6 Å². The normalized spacial score (nSPS) is 30.9. The van der Waals surface area contributed by atoms with E-state index in [1.165, 1.54) is 25.7 Å². The number of aliphatic carboxylic acids is 1. The van der Waals surface area contributed by atoms with Gasteiger partial charge in [-0.3, -0.25) is 9.59 Å². The summed E-state index contributed by atoms with van der Waals surface area (Å²) in [5.74, 6) is 1.28. The van der Waals surface area contributed by atoms with E-state index in [9.17, 15) is 9.59 Å². The van der Waals surface area contributed by atoms with Gasteiger partial charge in [0.25, 0.3) is 0 Å². The van der Waals surface area contributed by atoms with Crippen LogP contribution in [-0.4, -0.2) is 23.1 Å². The number of hydrogen-bond donors (Lipinski definition) is 1. The quantitative estimate of drug-likeness (QED) is 0.641. The third-order valence-electron chi connectivity index (χ3n) is 6.37. The van der Waals surface area contributed by atoms with Crippen molar-refractivity contribution in [2.75, 3.05) is 0 Å². The van der Waals surface area contributed by atoms with E-state index in [1.807, 2.05) is 6.92 Å². The third kappa shape index (κ3) is 6.51. The number of carboxylic acid groups (broad SMARTS) is 1. The Morgan fingerprint density at radius 3 is 2.70 bits per heavy atom. The molecule has 1 saturated heterocycles. The summed E-state index contributed by atoms with van der Waals surface area (Å²) in [7, 11) is 0. The molecule has 0 bridgehead atoms. The number of hydrogen-bond acceptors (Lipinski definition) is 3. The maximum Gasteiger partial charge on any atom is 0.306 e. The fraction of sp³-hybridized carbons (Fsp3) is 0.739. The number of carbonyl (C=O) groups is 2. The zero-order valence-electron chi connectivity index (χ0n) is 17.2. The smallest absolute Gasteiger partial charge is 0.306 e. The van der Waals surface area contributed by atoms with Crippen molar-refractivity contribution in [2.45, 2.75) is 84.7 Å². The Kier molecular flexibility index (Phi) is 8.59. The molecule has 5 unspecified atom stereocenters. The molecule has 4 nitrogen and oxygen atoms in total. The molecule has 0 spiro atoms. The van der Waals surface area contributed by atoms with Crippen LogP contribution < -0.4 is 0 Å². The summed E-state index contributed by atoms with van der Waals surface area (Å²) in [6.07, 6.45) is 16.9. The van der Waals surface area contributed by atoms with Gasteiger partial charge in [0, 0.05) is 6.42 Å². The molecule has 152 valence electrons. The number of carboxylic acids is 1. The summed E-state index contributed by atoms with van der Waals surface area (Å²) in [5, 5.41) is 8.18. The maximum atomic E-state index is 11.4. The Balaban J connectivity index is 0.000000321. The highest BCUT2D eigenvalue weighted by Crippen LogP contribution is 2.42. The Hall–Kier alpha value is -1.58. The zero-order chi connectivity index (χ0) is 19.8. The van der Waals surface area contributed by atoms with Gasteiger partial charge in [0.1, 0.15) is 6.10 Å². The number of allylic oxidation sites excluding steroid dienone is 4. The number of ether oxygens (including phenoxy) is 1. The van der Waals surface area contributed by atoms with E-state index in [4.69, 9.17) is 9.84 Å². The molecule has 2 aliphatic carbocycles. The molecule has 4 heteroatoms. The van der Waals surface area contributed by atoms with E-state index in [1.54, 1.807) is 12.5 Å². The number of rotatable bonds is 5. The summed E-state index contributed by atoms with van der Waals surface area (Å²) >= 11 is 0. The minimum atomic E-state index is -0.706. The fourth-order valence-electron chi connectivity index (χ4n) is 4.35. The lowest BCUT2D eigenvalue weighted by Gasteiger charge is -2.38. The number of cyclic esters (lactones) is 1. The molecule has 0 aromatic heterocycles. The van der Waals surface area contributed by atoms with Crippen LogP contribution in [0.25, 0.3) is 0 Å². The average molecular weight is 377 g/mol. The molecule has 3 aliphatic rings.